The molecule has 2 aliphatic rings. The average Bonchev–Trinajstić information content (AvgIpc) is 3.16. The second-order valence-electron chi connectivity index (χ2n) is 7.74. The summed E-state index contributed by atoms with van der Waals surface area (Å²) >= 11 is 0. The first kappa shape index (κ1) is 24.6. The van der Waals surface area contributed by atoms with E-state index >= 15 is 0 Å². The van der Waals surface area contributed by atoms with Crippen LogP contribution in [0.4, 0.5) is 0 Å². The zero-order valence-electron chi connectivity index (χ0n) is 17.4. The third-order valence-electron chi connectivity index (χ3n) is 5.79. The number of carbonyl (C=O) groups is 1. The molecule has 0 aliphatic carbocycles. The van der Waals surface area contributed by atoms with Crippen molar-refractivity contribution in [3.8, 4) is 0 Å². The number of amides is 1. The van der Waals surface area contributed by atoms with E-state index in [9.17, 15) is 4.79 Å². The van der Waals surface area contributed by atoms with Gasteiger partial charge in [0.05, 0.1) is 6.54 Å². The van der Waals surface area contributed by atoms with Crippen molar-refractivity contribution in [1.29, 1.82) is 0 Å². The Labute approximate surface area is 191 Å². The first-order valence-electron chi connectivity index (χ1n) is 10.2. The largest absolute Gasteiger partial charge is 0.336 e. The minimum Gasteiger partial charge on any atom is -0.336 e. The molecule has 2 aromatic rings. The molecule has 1 aromatic carbocycles. The maximum absolute atomic E-state index is 13.1. The fourth-order valence-electron chi connectivity index (χ4n) is 4.16. The summed E-state index contributed by atoms with van der Waals surface area (Å²) in [5, 5.41) is 3.40. The van der Waals surface area contributed by atoms with Crippen molar-refractivity contribution in [3.05, 3.63) is 54.1 Å². The van der Waals surface area contributed by atoms with Crippen LogP contribution in [-0.2, 0) is 18.4 Å². The number of halogens is 2. The second kappa shape index (κ2) is 11.7. The van der Waals surface area contributed by atoms with Crippen molar-refractivity contribution in [2.75, 3.05) is 52.4 Å². The highest BCUT2D eigenvalue weighted by molar-refractivity contribution is 5.85. The van der Waals surface area contributed by atoms with Gasteiger partial charge in [-0.05, 0) is 5.56 Å². The molecule has 1 unspecified atom stereocenters. The number of aryl methyl sites for hydroxylation is 1. The number of nitrogens with zero attached hydrogens (tertiary/aromatic N) is 5. The van der Waals surface area contributed by atoms with Gasteiger partial charge in [-0.2, -0.15) is 0 Å². The van der Waals surface area contributed by atoms with E-state index in [-0.39, 0.29) is 36.8 Å². The van der Waals surface area contributed by atoms with E-state index in [0.717, 1.165) is 58.2 Å². The number of rotatable bonds is 5. The Morgan fingerprint density at radius 1 is 1.07 bits per heavy atom. The molecular weight excluding hydrogens is 423 g/mol. The second-order valence-corrected chi connectivity index (χ2v) is 7.74. The Kier molecular flexibility index (Phi) is 9.58. The van der Waals surface area contributed by atoms with Gasteiger partial charge in [0, 0.05) is 71.8 Å². The van der Waals surface area contributed by atoms with Gasteiger partial charge in [0.1, 0.15) is 11.9 Å². The average molecular weight is 455 g/mol. The van der Waals surface area contributed by atoms with Crippen LogP contribution in [0.15, 0.2) is 42.7 Å². The molecule has 2 aliphatic heterocycles. The lowest BCUT2D eigenvalue weighted by molar-refractivity contribution is -0.136. The quantitative estimate of drug-likeness (QED) is 0.742. The van der Waals surface area contributed by atoms with E-state index in [1.165, 1.54) is 5.56 Å². The maximum atomic E-state index is 13.1. The summed E-state index contributed by atoms with van der Waals surface area (Å²) in [6.45, 7) is 7.74. The van der Waals surface area contributed by atoms with Crippen LogP contribution in [-0.4, -0.2) is 82.5 Å². The molecule has 2 saturated heterocycles. The van der Waals surface area contributed by atoms with Crippen LogP contribution in [0.25, 0.3) is 0 Å². The highest BCUT2D eigenvalue weighted by Crippen LogP contribution is 2.21. The number of aromatic nitrogens is 2. The van der Waals surface area contributed by atoms with E-state index in [1.807, 2.05) is 22.7 Å². The molecule has 2 fully saturated rings. The molecule has 0 saturated carbocycles. The van der Waals surface area contributed by atoms with Crippen LogP contribution < -0.4 is 5.32 Å². The molecule has 166 valence electrons. The Morgan fingerprint density at radius 2 is 1.77 bits per heavy atom. The van der Waals surface area contributed by atoms with Crippen molar-refractivity contribution in [2.45, 2.75) is 12.6 Å². The Hall–Kier alpha value is -1.64. The minimum absolute atomic E-state index is 0. The van der Waals surface area contributed by atoms with Gasteiger partial charge in [-0.15, -0.1) is 24.8 Å². The van der Waals surface area contributed by atoms with Gasteiger partial charge >= 0.3 is 0 Å². The topological polar surface area (TPSA) is 56.6 Å². The van der Waals surface area contributed by atoms with Crippen LogP contribution in [0.2, 0.25) is 0 Å². The molecule has 9 heteroatoms. The van der Waals surface area contributed by atoms with Gasteiger partial charge in [-0.25, -0.2) is 4.98 Å². The van der Waals surface area contributed by atoms with Gasteiger partial charge in [0.15, 0.2) is 0 Å². The van der Waals surface area contributed by atoms with Gasteiger partial charge in [0.2, 0.25) is 5.91 Å². The van der Waals surface area contributed by atoms with E-state index < -0.39 is 0 Å². The van der Waals surface area contributed by atoms with E-state index in [2.05, 4.69) is 50.4 Å². The predicted molar refractivity (Wildman–Crippen MR) is 123 cm³/mol. The fraction of sp³-hybridized carbons (Fsp3) is 0.524. The SMILES string of the molecule is Cl.Cl.Cn1ccnc1C1CNCCN1C(=O)CN1CCN(Cc2ccccc2)CC1. The van der Waals surface area contributed by atoms with Crippen molar-refractivity contribution >= 4 is 30.7 Å². The summed E-state index contributed by atoms with van der Waals surface area (Å²) in [5.74, 6) is 1.17. The zero-order chi connectivity index (χ0) is 19.3. The molecule has 1 atom stereocenters. The first-order valence-corrected chi connectivity index (χ1v) is 10.2. The lowest BCUT2D eigenvalue weighted by Crippen LogP contribution is -2.54. The van der Waals surface area contributed by atoms with E-state index in [1.54, 1.807) is 6.20 Å². The summed E-state index contributed by atoms with van der Waals surface area (Å²) in [5.41, 5.74) is 1.35. The lowest BCUT2D eigenvalue weighted by Gasteiger charge is -2.39. The third-order valence-corrected chi connectivity index (χ3v) is 5.79. The van der Waals surface area contributed by atoms with Crippen molar-refractivity contribution in [3.63, 3.8) is 0 Å². The molecule has 1 N–H and O–H groups in total. The normalized spacial score (nSPS) is 20.3. The Morgan fingerprint density at radius 3 is 2.43 bits per heavy atom. The van der Waals surface area contributed by atoms with Crippen molar-refractivity contribution in [1.82, 2.24) is 29.6 Å². The molecule has 3 heterocycles. The van der Waals surface area contributed by atoms with Crippen LogP contribution in [0.1, 0.15) is 17.4 Å². The van der Waals surface area contributed by atoms with Crippen LogP contribution in [0.5, 0.6) is 0 Å². The number of benzene rings is 1. The number of carbonyl (C=O) groups excluding carboxylic acids is 1. The van der Waals surface area contributed by atoms with E-state index in [0.29, 0.717) is 6.54 Å². The molecule has 0 radical (unpaired) electrons. The standard InChI is InChI=1S/C21H30N6O.2ClH/c1-24-9-8-23-21(24)19-15-22-7-10-27(19)20(28)17-26-13-11-25(12-14-26)16-18-5-3-2-4-6-18;;/h2-6,8-9,19,22H,7,10-17H2,1H3;2*1H. The Bertz CT molecular complexity index is 779. The number of hydrogen-bond acceptors (Lipinski definition) is 5. The molecule has 0 spiro atoms. The molecule has 4 rings (SSSR count). The molecule has 1 aromatic heterocycles. The predicted octanol–water partition coefficient (Wildman–Crippen LogP) is 1.55. The molecule has 30 heavy (non-hydrogen) atoms. The van der Waals surface area contributed by atoms with Crippen LogP contribution >= 0.6 is 24.8 Å². The van der Waals surface area contributed by atoms with Gasteiger partial charge in [-0.1, -0.05) is 30.3 Å². The molecular formula is C21H32Cl2N6O. The number of nitrogens with one attached hydrogen (secondary N) is 1. The minimum atomic E-state index is 0. The van der Waals surface area contributed by atoms with Crippen LogP contribution in [0, 0.1) is 0 Å². The summed E-state index contributed by atoms with van der Waals surface area (Å²) < 4.78 is 2.01. The molecule has 7 nitrogen and oxygen atoms in total. The maximum Gasteiger partial charge on any atom is 0.237 e. The van der Waals surface area contributed by atoms with E-state index in [4.69, 9.17) is 0 Å². The van der Waals surface area contributed by atoms with Gasteiger partial charge in [0.25, 0.3) is 0 Å². The van der Waals surface area contributed by atoms with Crippen molar-refractivity contribution < 1.29 is 4.79 Å². The fourth-order valence-corrected chi connectivity index (χ4v) is 4.16. The molecule has 1 amide bonds. The molecule has 0 bridgehead atoms. The van der Waals surface area contributed by atoms with Gasteiger partial charge in [-0.3, -0.25) is 14.6 Å². The summed E-state index contributed by atoms with van der Waals surface area (Å²) in [6.07, 6.45) is 3.75. The number of hydrogen-bond donors (Lipinski definition) is 1. The first-order chi connectivity index (χ1) is 13.7. The highest BCUT2D eigenvalue weighted by Gasteiger charge is 2.31. The third kappa shape index (κ3) is 5.95. The highest BCUT2D eigenvalue weighted by atomic mass is 35.5. The van der Waals surface area contributed by atoms with Crippen LogP contribution in [0.3, 0.4) is 0 Å². The van der Waals surface area contributed by atoms with Gasteiger partial charge < -0.3 is 14.8 Å². The summed E-state index contributed by atoms with van der Waals surface area (Å²) in [6, 6.07) is 10.6. The van der Waals surface area contributed by atoms with Crippen molar-refractivity contribution in [2.24, 2.45) is 7.05 Å². The zero-order valence-corrected chi connectivity index (χ0v) is 19.1. The summed E-state index contributed by atoms with van der Waals surface area (Å²) in [7, 11) is 1.99. The number of imidazole rings is 1. The lowest BCUT2D eigenvalue weighted by atomic mass is 10.1. The Balaban J connectivity index is 0.00000160. The summed E-state index contributed by atoms with van der Waals surface area (Å²) in [4.78, 5) is 24.3. The monoisotopic (exact) mass is 454 g/mol. The number of piperazine rings is 2. The smallest absolute Gasteiger partial charge is 0.237 e.